The Kier molecular flexibility index (Phi) is 3.17. The van der Waals surface area contributed by atoms with Crippen molar-refractivity contribution in [2.24, 2.45) is 0 Å². The molecule has 0 bridgehead atoms. The van der Waals surface area contributed by atoms with E-state index in [1.54, 1.807) is 16.7 Å². The van der Waals surface area contributed by atoms with Gasteiger partial charge in [0.2, 0.25) is 0 Å². The molecule has 1 N–H and O–H groups in total. The quantitative estimate of drug-likeness (QED) is 0.801. The molecule has 5 nitrogen and oxygen atoms in total. The maximum Gasteiger partial charge on any atom is 0.337 e. The van der Waals surface area contributed by atoms with Crippen molar-refractivity contribution in [3.63, 3.8) is 0 Å². The van der Waals surface area contributed by atoms with E-state index in [1.807, 2.05) is 6.92 Å². The summed E-state index contributed by atoms with van der Waals surface area (Å²) >= 11 is 0. The first-order valence-corrected chi connectivity index (χ1v) is 6.67. The number of aromatic carboxylic acids is 1. The van der Waals surface area contributed by atoms with Gasteiger partial charge in [0.15, 0.2) is 5.65 Å². The summed E-state index contributed by atoms with van der Waals surface area (Å²) in [4.78, 5) is 11.1. The first-order chi connectivity index (χ1) is 10.0. The molecule has 3 rings (SSSR count). The van der Waals surface area contributed by atoms with Gasteiger partial charge in [-0.3, -0.25) is 4.40 Å². The van der Waals surface area contributed by atoms with Crippen molar-refractivity contribution >= 4 is 11.6 Å². The highest BCUT2D eigenvalue weighted by Gasteiger charge is 2.11. The molecular weight excluding hydrogens is 266 g/mol. The van der Waals surface area contributed by atoms with Crippen molar-refractivity contribution < 1.29 is 9.90 Å². The van der Waals surface area contributed by atoms with Gasteiger partial charge in [-0.15, -0.1) is 10.2 Å². The molecular formula is C16H15N3O2. The average Bonchev–Trinajstić information content (AvgIpc) is 2.85. The summed E-state index contributed by atoms with van der Waals surface area (Å²) in [5.74, 6) is -0.218. The SMILES string of the molecule is Cc1ccc(C)c(Cc2nnc3ccc(C(=O)O)cn23)c1. The molecule has 3 aromatic rings. The lowest BCUT2D eigenvalue weighted by Gasteiger charge is -2.06. The third kappa shape index (κ3) is 2.50. The second kappa shape index (κ2) is 5.01. The number of aromatic nitrogens is 3. The van der Waals surface area contributed by atoms with E-state index in [2.05, 4.69) is 35.3 Å². The fourth-order valence-electron chi connectivity index (χ4n) is 2.35. The molecule has 106 valence electrons. The maximum atomic E-state index is 11.1. The Morgan fingerprint density at radius 1 is 1.19 bits per heavy atom. The summed E-state index contributed by atoms with van der Waals surface area (Å²) < 4.78 is 1.74. The zero-order valence-corrected chi connectivity index (χ0v) is 11.9. The number of aryl methyl sites for hydroxylation is 2. The number of hydrogen-bond donors (Lipinski definition) is 1. The summed E-state index contributed by atoms with van der Waals surface area (Å²) in [5, 5.41) is 17.4. The number of fused-ring (bicyclic) bond motifs is 1. The van der Waals surface area contributed by atoms with Crippen molar-refractivity contribution in [3.8, 4) is 0 Å². The predicted molar refractivity (Wildman–Crippen MR) is 78.7 cm³/mol. The van der Waals surface area contributed by atoms with E-state index in [4.69, 9.17) is 5.11 Å². The van der Waals surface area contributed by atoms with E-state index in [-0.39, 0.29) is 5.56 Å². The molecule has 1 aromatic carbocycles. The third-order valence-corrected chi connectivity index (χ3v) is 3.57. The molecule has 21 heavy (non-hydrogen) atoms. The van der Waals surface area contributed by atoms with Crippen LogP contribution in [0.4, 0.5) is 0 Å². The predicted octanol–water partition coefficient (Wildman–Crippen LogP) is 2.64. The number of nitrogens with zero attached hydrogens (tertiary/aromatic N) is 3. The minimum absolute atomic E-state index is 0.226. The number of hydrogen-bond acceptors (Lipinski definition) is 3. The van der Waals surface area contributed by atoms with Crippen molar-refractivity contribution in [1.82, 2.24) is 14.6 Å². The van der Waals surface area contributed by atoms with E-state index >= 15 is 0 Å². The molecule has 0 amide bonds. The minimum atomic E-state index is -0.955. The normalized spacial score (nSPS) is 11.0. The molecule has 0 radical (unpaired) electrons. The zero-order valence-electron chi connectivity index (χ0n) is 11.9. The molecule has 0 fully saturated rings. The molecule has 5 heteroatoms. The number of rotatable bonds is 3. The Morgan fingerprint density at radius 2 is 2.00 bits per heavy atom. The van der Waals surface area contributed by atoms with Crippen molar-refractivity contribution in [2.45, 2.75) is 20.3 Å². The lowest BCUT2D eigenvalue weighted by Crippen LogP contribution is -2.02. The summed E-state index contributed by atoms with van der Waals surface area (Å²) in [7, 11) is 0. The molecule has 0 aliphatic carbocycles. The van der Waals surface area contributed by atoms with Crippen LogP contribution in [0.5, 0.6) is 0 Å². The second-order valence-electron chi connectivity index (χ2n) is 5.17. The highest BCUT2D eigenvalue weighted by Crippen LogP contribution is 2.16. The summed E-state index contributed by atoms with van der Waals surface area (Å²) in [6.07, 6.45) is 2.19. The number of pyridine rings is 1. The standard InChI is InChI=1S/C16H15N3O2/c1-10-3-4-11(2)13(7-10)8-15-18-17-14-6-5-12(16(20)21)9-19(14)15/h3-7,9H,8H2,1-2H3,(H,20,21). The number of carboxylic acid groups (broad SMARTS) is 1. The fourth-order valence-corrected chi connectivity index (χ4v) is 2.35. The van der Waals surface area contributed by atoms with Crippen LogP contribution in [0.2, 0.25) is 0 Å². The Balaban J connectivity index is 2.06. The Bertz CT molecular complexity index is 837. The topological polar surface area (TPSA) is 67.5 Å². The molecule has 2 aromatic heterocycles. The summed E-state index contributed by atoms with van der Waals surface area (Å²) in [6, 6.07) is 9.48. The van der Waals surface area contributed by atoms with Gasteiger partial charge in [0.05, 0.1) is 5.56 Å². The van der Waals surface area contributed by atoms with Crippen molar-refractivity contribution in [3.05, 3.63) is 64.6 Å². The van der Waals surface area contributed by atoms with E-state index in [0.717, 1.165) is 5.82 Å². The van der Waals surface area contributed by atoms with E-state index < -0.39 is 5.97 Å². The van der Waals surface area contributed by atoms with Crippen LogP contribution in [0.15, 0.2) is 36.5 Å². The molecule has 0 atom stereocenters. The Morgan fingerprint density at radius 3 is 2.76 bits per heavy atom. The van der Waals surface area contributed by atoms with Gasteiger partial charge in [-0.25, -0.2) is 4.79 Å². The lowest BCUT2D eigenvalue weighted by atomic mass is 10.0. The van der Waals surface area contributed by atoms with Crippen LogP contribution in [0.1, 0.15) is 32.9 Å². The molecule has 0 unspecified atom stereocenters. The maximum absolute atomic E-state index is 11.1. The smallest absolute Gasteiger partial charge is 0.337 e. The largest absolute Gasteiger partial charge is 0.478 e. The Labute approximate surface area is 121 Å². The summed E-state index contributed by atoms with van der Waals surface area (Å²) in [5.41, 5.74) is 4.43. The number of carbonyl (C=O) groups is 1. The van der Waals surface area contributed by atoms with Crippen molar-refractivity contribution in [2.75, 3.05) is 0 Å². The molecule has 0 aliphatic rings. The molecule has 0 aliphatic heterocycles. The van der Waals surface area contributed by atoms with Gasteiger partial charge in [0, 0.05) is 12.6 Å². The molecule has 0 spiro atoms. The average molecular weight is 281 g/mol. The fraction of sp³-hybridized carbons (Fsp3) is 0.188. The lowest BCUT2D eigenvalue weighted by molar-refractivity contribution is 0.0696. The third-order valence-electron chi connectivity index (χ3n) is 3.57. The molecule has 2 heterocycles. The van der Waals surface area contributed by atoms with Crippen LogP contribution in [-0.2, 0) is 6.42 Å². The van der Waals surface area contributed by atoms with Crippen LogP contribution < -0.4 is 0 Å². The van der Waals surface area contributed by atoms with Gasteiger partial charge in [-0.05, 0) is 37.1 Å². The van der Waals surface area contributed by atoms with Crippen LogP contribution >= 0.6 is 0 Å². The van der Waals surface area contributed by atoms with E-state index in [1.165, 1.54) is 22.8 Å². The van der Waals surface area contributed by atoms with Gasteiger partial charge in [-0.2, -0.15) is 0 Å². The first-order valence-electron chi connectivity index (χ1n) is 6.67. The zero-order chi connectivity index (χ0) is 15.0. The Hall–Kier alpha value is -2.69. The van der Waals surface area contributed by atoms with Gasteiger partial charge in [0.25, 0.3) is 0 Å². The highest BCUT2D eigenvalue weighted by atomic mass is 16.4. The van der Waals surface area contributed by atoms with Crippen molar-refractivity contribution in [1.29, 1.82) is 0 Å². The first kappa shape index (κ1) is 13.3. The van der Waals surface area contributed by atoms with Crippen LogP contribution in [0, 0.1) is 13.8 Å². The number of benzene rings is 1. The monoisotopic (exact) mass is 281 g/mol. The van der Waals surface area contributed by atoms with Gasteiger partial charge < -0.3 is 5.11 Å². The van der Waals surface area contributed by atoms with E-state index in [0.29, 0.717) is 12.1 Å². The van der Waals surface area contributed by atoms with E-state index in [9.17, 15) is 4.79 Å². The minimum Gasteiger partial charge on any atom is -0.478 e. The van der Waals surface area contributed by atoms with Gasteiger partial charge in [-0.1, -0.05) is 23.8 Å². The van der Waals surface area contributed by atoms with Gasteiger partial charge in [0.1, 0.15) is 5.82 Å². The van der Waals surface area contributed by atoms with Crippen LogP contribution in [-0.4, -0.2) is 25.7 Å². The molecule has 0 saturated heterocycles. The summed E-state index contributed by atoms with van der Waals surface area (Å²) in [6.45, 7) is 4.11. The van der Waals surface area contributed by atoms with Crippen LogP contribution in [0.25, 0.3) is 5.65 Å². The number of carboxylic acids is 1. The second-order valence-corrected chi connectivity index (χ2v) is 5.17. The highest BCUT2D eigenvalue weighted by molar-refractivity contribution is 5.87. The molecule has 0 saturated carbocycles. The van der Waals surface area contributed by atoms with Crippen LogP contribution in [0.3, 0.4) is 0 Å². The van der Waals surface area contributed by atoms with Gasteiger partial charge >= 0.3 is 5.97 Å².